The minimum absolute atomic E-state index is 0.0731. The quantitative estimate of drug-likeness (QED) is 0.888. The van der Waals surface area contributed by atoms with Crippen LogP contribution >= 0.6 is 0 Å². The lowest BCUT2D eigenvalue weighted by Gasteiger charge is -2.39. The van der Waals surface area contributed by atoms with Crippen molar-refractivity contribution in [2.24, 2.45) is 0 Å². The average molecular weight is 356 g/mol. The van der Waals surface area contributed by atoms with Crippen LogP contribution in [0.15, 0.2) is 35.4 Å². The predicted octanol–water partition coefficient (Wildman–Crippen LogP) is 2.00. The molecule has 6 heteroatoms. The summed E-state index contributed by atoms with van der Waals surface area (Å²) in [7, 11) is 0. The third-order valence-electron chi connectivity index (χ3n) is 5.33. The maximum atomic E-state index is 13.2. The number of likely N-dealkylation sites (N-methyl/N-ethyl adjacent to an activating group) is 1. The summed E-state index contributed by atoms with van der Waals surface area (Å²) in [4.78, 5) is 22.1. The molecule has 140 valence electrons. The molecule has 1 saturated heterocycles. The van der Waals surface area contributed by atoms with E-state index in [0.29, 0.717) is 12.1 Å². The molecule has 6 nitrogen and oxygen atoms in total. The SMILES string of the molecule is CCN1CCN([C@H](c2cccnc2)c2c(O)cc(C)n(CC)c2=O)CC1. The highest BCUT2D eigenvalue weighted by Crippen LogP contribution is 2.32. The number of aromatic nitrogens is 2. The second-order valence-corrected chi connectivity index (χ2v) is 6.79. The number of hydrogen-bond donors (Lipinski definition) is 1. The largest absolute Gasteiger partial charge is 0.507 e. The van der Waals surface area contributed by atoms with Gasteiger partial charge in [-0.3, -0.25) is 14.7 Å². The van der Waals surface area contributed by atoms with Gasteiger partial charge >= 0.3 is 0 Å². The lowest BCUT2D eigenvalue weighted by molar-refractivity contribution is 0.111. The van der Waals surface area contributed by atoms with Crippen LogP contribution in [0.1, 0.15) is 36.7 Å². The molecule has 2 aromatic heterocycles. The van der Waals surface area contributed by atoms with Gasteiger partial charge in [0, 0.05) is 50.8 Å². The van der Waals surface area contributed by atoms with Crippen LogP contribution < -0.4 is 5.56 Å². The molecule has 0 aromatic carbocycles. The van der Waals surface area contributed by atoms with Gasteiger partial charge in [-0.25, -0.2) is 0 Å². The molecule has 1 aliphatic heterocycles. The number of aromatic hydroxyl groups is 1. The summed E-state index contributed by atoms with van der Waals surface area (Å²) < 4.78 is 1.72. The van der Waals surface area contributed by atoms with Crippen molar-refractivity contribution in [3.05, 3.63) is 57.8 Å². The van der Waals surface area contributed by atoms with Crippen LogP contribution in [-0.4, -0.2) is 57.2 Å². The van der Waals surface area contributed by atoms with E-state index in [2.05, 4.69) is 21.7 Å². The Labute approximate surface area is 154 Å². The summed E-state index contributed by atoms with van der Waals surface area (Å²) in [5.41, 5.74) is 2.06. The van der Waals surface area contributed by atoms with Gasteiger partial charge in [0.2, 0.25) is 0 Å². The first-order valence-electron chi connectivity index (χ1n) is 9.36. The topological polar surface area (TPSA) is 61.6 Å². The minimum atomic E-state index is -0.284. The molecule has 3 heterocycles. The fourth-order valence-electron chi connectivity index (χ4n) is 3.85. The molecule has 1 atom stereocenters. The van der Waals surface area contributed by atoms with Crippen molar-refractivity contribution >= 4 is 0 Å². The number of pyridine rings is 2. The Morgan fingerprint density at radius 3 is 2.50 bits per heavy atom. The van der Waals surface area contributed by atoms with E-state index in [1.54, 1.807) is 23.0 Å². The van der Waals surface area contributed by atoms with Gasteiger partial charge < -0.3 is 14.6 Å². The molecule has 0 unspecified atom stereocenters. The molecule has 1 N–H and O–H groups in total. The Hall–Kier alpha value is -2.18. The van der Waals surface area contributed by atoms with E-state index in [4.69, 9.17) is 0 Å². The van der Waals surface area contributed by atoms with E-state index < -0.39 is 0 Å². The van der Waals surface area contributed by atoms with Crippen molar-refractivity contribution in [2.75, 3.05) is 32.7 Å². The van der Waals surface area contributed by atoms with Gasteiger partial charge in [-0.15, -0.1) is 0 Å². The summed E-state index contributed by atoms with van der Waals surface area (Å²) in [6.07, 6.45) is 3.53. The standard InChI is InChI=1S/C20H28N4O2/c1-4-22-9-11-23(12-10-22)19(16-7-6-8-21-14-16)18-17(25)13-15(3)24(5-2)20(18)26/h6-8,13-14,19,25H,4-5,9-12H2,1-3H3/t19-/m1/s1. The number of rotatable bonds is 5. The van der Waals surface area contributed by atoms with Gasteiger partial charge in [0.25, 0.3) is 5.56 Å². The molecule has 0 spiro atoms. The molecule has 0 radical (unpaired) electrons. The zero-order valence-corrected chi connectivity index (χ0v) is 15.9. The van der Waals surface area contributed by atoms with Crippen molar-refractivity contribution in [3.63, 3.8) is 0 Å². The molecular formula is C20H28N4O2. The van der Waals surface area contributed by atoms with Crippen molar-refractivity contribution in [1.29, 1.82) is 0 Å². The first kappa shape index (κ1) is 18.6. The van der Waals surface area contributed by atoms with Crippen LogP contribution in [0.2, 0.25) is 0 Å². The zero-order chi connectivity index (χ0) is 18.7. The number of piperazine rings is 1. The molecular weight excluding hydrogens is 328 g/mol. The van der Waals surface area contributed by atoms with Crippen LogP contribution in [0.4, 0.5) is 0 Å². The molecule has 0 amide bonds. The van der Waals surface area contributed by atoms with Crippen LogP contribution in [0.5, 0.6) is 5.75 Å². The highest BCUT2D eigenvalue weighted by atomic mass is 16.3. The van der Waals surface area contributed by atoms with Crippen LogP contribution in [-0.2, 0) is 6.54 Å². The highest BCUT2D eigenvalue weighted by molar-refractivity contribution is 5.40. The normalized spacial score (nSPS) is 17.3. The molecule has 3 rings (SSSR count). The first-order valence-corrected chi connectivity index (χ1v) is 9.36. The average Bonchev–Trinajstić information content (AvgIpc) is 2.66. The third-order valence-corrected chi connectivity index (χ3v) is 5.33. The molecule has 1 fully saturated rings. The van der Waals surface area contributed by atoms with E-state index in [9.17, 15) is 9.90 Å². The fraction of sp³-hybridized carbons (Fsp3) is 0.500. The Morgan fingerprint density at radius 1 is 1.19 bits per heavy atom. The summed E-state index contributed by atoms with van der Waals surface area (Å²) >= 11 is 0. The van der Waals surface area contributed by atoms with Gasteiger partial charge in [-0.05, 0) is 38.1 Å². The fourth-order valence-corrected chi connectivity index (χ4v) is 3.85. The Kier molecular flexibility index (Phi) is 5.74. The highest BCUT2D eigenvalue weighted by Gasteiger charge is 2.31. The molecule has 26 heavy (non-hydrogen) atoms. The van der Waals surface area contributed by atoms with Crippen molar-refractivity contribution < 1.29 is 5.11 Å². The van der Waals surface area contributed by atoms with Gasteiger partial charge in [0.1, 0.15) is 5.75 Å². The Balaban J connectivity index is 2.10. The van der Waals surface area contributed by atoms with E-state index in [0.717, 1.165) is 44.0 Å². The number of hydrogen-bond acceptors (Lipinski definition) is 5. The lowest BCUT2D eigenvalue weighted by atomic mass is 9.97. The molecule has 2 aromatic rings. The minimum Gasteiger partial charge on any atom is -0.507 e. The third kappa shape index (κ3) is 3.52. The van der Waals surface area contributed by atoms with Crippen molar-refractivity contribution in [3.8, 4) is 5.75 Å². The molecule has 0 aliphatic carbocycles. The zero-order valence-electron chi connectivity index (χ0n) is 15.9. The van der Waals surface area contributed by atoms with Gasteiger partial charge in [-0.2, -0.15) is 0 Å². The van der Waals surface area contributed by atoms with Crippen LogP contribution in [0, 0.1) is 6.92 Å². The Bertz CT molecular complexity index is 795. The summed E-state index contributed by atoms with van der Waals surface area (Å²) in [5, 5.41) is 10.7. The van der Waals surface area contributed by atoms with E-state index in [1.165, 1.54) is 0 Å². The Morgan fingerprint density at radius 2 is 1.92 bits per heavy atom. The molecule has 1 aliphatic rings. The van der Waals surface area contributed by atoms with Crippen molar-refractivity contribution in [1.82, 2.24) is 19.4 Å². The summed E-state index contributed by atoms with van der Waals surface area (Å²) in [6, 6.07) is 5.28. The second-order valence-electron chi connectivity index (χ2n) is 6.79. The van der Waals surface area contributed by atoms with Crippen molar-refractivity contribution in [2.45, 2.75) is 33.4 Å². The summed E-state index contributed by atoms with van der Waals surface area (Å²) in [6.45, 7) is 11.2. The van der Waals surface area contributed by atoms with E-state index in [-0.39, 0.29) is 17.4 Å². The smallest absolute Gasteiger partial charge is 0.259 e. The number of nitrogens with zero attached hydrogens (tertiary/aromatic N) is 4. The van der Waals surface area contributed by atoms with Crippen LogP contribution in [0.3, 0.4) is 0 Å². The second kappa shape index (κ2) is 8.01. The number of aryl methyl sites for hydroxylation is 1. The predicted molar refractivity (Wildman–Crippen MR) is 103 cm³/mol. The first-order chi connectivity index (χ1) is 12.6. The monoisotopic (exact) mass is 356 g/mol. The lowest BCUT2D eigenvalue weighted by Crippen LogP contribution is -2.48. The molecule has 0 saturated carbocycles. The van der Waals surface area contributed by atoms with Gasteiger partial charge in [-0.1, -0.05) is 13.0 Å². The van der Waals surface area contributed by atoms with E-state index in [1.807, 2.05) is 26.0 Å². The maximum Gasteiger partial charge on any atom is 0.259 e. The summed E-state index contributed by atoms with van der Waals surface area (Å²) in [5.74, 6) is 0.0731. The maximum absolute atomic E-state index is 13.2. The van der Waals surface area contributed by atoms with Gasteiger partial charge in [0.15, 0.2) is 0 Å². The van der Waals surface area contributed by atoms with Gasteiger partial charge in [0.05, 0.1) is 11.6 Å². The van der Waals surface area contributed by atoms with E-state index >= 15 is 0 Å². The van der Waals surface area contributed by atoms with Crippen LogP contribution in [0.25, 0.3) is 0 Å². The molecule has 0 bridgehead atoms.